The number of amides is 1. The second-order valence-corrected chi connectivity index (χ2v) is 3.22. The molecule has 0 bridgehead atoms. The number of nitro benzene ring substituents is 1. The smallest absolute Gasteiger partial charge is 0.271 e. The fourth-order valence-corrected chi connectivity index (χ4v) is 1.26. The van der Waals surface area contributed by atoms with Crippen LogP contribution in [-0.4, -0.2) is 31.5 Å². The van der Waals surface area contributed by atoms with Crippen LogP contribution in [0.1, 0.15) is 0 Å². The molecule has 1 aromatic carbocycles. The normalized spacial score (nSPS) is 9.76. The molecule has 0 spiro atoms. The molecular weight excluding hydrogens is 226 g/mol. The minimum Gasteiger partial charge on any atom is -0.495 e. The first-order valence-electron chi connectivity index (χ1n) is 4.85. The Morgan fingerprint density at radius 2 is 2.24 bits per heavy atom. The van der Waals surface area contributed by atoms with E-state index in [1.165, 1.54) is 25.3 Å². The molecule has 7 nitrogen and oxygen atoms in total. The number of methoxy groups -OCH3 is 1. The van der Waals surface area contributed by atoms with Gasteiger partial charge >= 0.3 is 0 Å². The lowest BCUT2D eigenvalue weighted by Gasteiger charge is -2.09. The lowest BCUT2D eigenvalue weighted by Crippen LogP contribution is -2.25. The van der Waals surface area contributed by atoms with Crippen LogP contribution in [0.3, 0.4) is 0 Å². The van der Waals surface area contributed by atoms with Crippen LogP contribution in [0.2, 0.25) is 0 Å². The summed E-state index contributed by atoms with van der Waals surface area (Å²) in [7, 11) is 3.05. The summed E-state index contributed by atoms with van der Waals surface area (Å²) in [4.78, 5) is 21.4. The Kier molecular flexibility index (Phi) is 4.41. The van der Waals surface area contributed by atoms with Gasteiger partial charge in [-0.05, 0) is 13.1 Å². The molecule has 2 N–H and O–H groups in total. The third-order valence-electron chi connectivity index (χ3n) is 2.01. The Morgan fingerprint density at radius 1 is 1.53 bits per heavy atom. The number of anilines is 1. The van der Waals surface area contributed by atoms with Gasteiger partial charge in [0.1, 0.15) is 5.75 Å². The number of carbonyl (C=O) groups is 1. The summed E-state index contributed by atoms with van der Waals surface area (Å²) in [6, 6.07) is 4.01. The van der Waals surface area contributed by atoms with E-state index < -0.39 is 4.92 Å². The van der Waals surface area contributed by atoms with Crippen LogP contribution in [0.15, 0.2) is 18.2 Å². The van der Waals surface area contributed by atoms with Gasteiger partial charge in [-0.3, -0.25) is 14.9 Å². The predicted octanol–water partition coefficient (Wildman–Crippen LogP) is 0.761. The maximum atomic E-state index is 11.4. The van der Waals surface area contributed by atoms with E-state index in [0.717, 1.165) is 0 Å². The molecule has 17 heavy (non-hydrogen) atoms. The van der Waals surface area contributed by atoms with E-state index in [0.29, 0.717) is 5.75 Å². The zero-order chi connectivity index (χ0) is 12.8. The van der Waals surface area contributed by atoms with Gasteiger partial charge in [0.2, 0.25) is 5.91 Å². The number of benzene rings is 1. The first kappa shape index (κ1) is 12.9. The number of carbonyl (C=O) groups excluding carboxylic acids is 1. The first-order chi connectivity index (χ1) is 8.08. The fraction of sp³-hybridized carbons (Fsp3) is 0.300. The molecule has 92 valence electrons. The van der Waals surface area contributed by atoms with Crippen molar-refractivity contribution in [2.24, 2.45) is 0 Å². The molecule has 1 aromatic rings. The van der Waals surface area contributed by atoms with Crippen molar-refractivity contribution >= 4 is 17.3 Å². The molecule has 7 heteroatoms. The summed E-state index contributed by atoms with van der Waals surface area (Å²) in [5, 5.41) is 15.8. The van der Waals surface area contributed by atoms with Gasteiger partial charge in [0.15, 0.2) is 0 Å². The molecular formula is C10H13N3O4. The Hall–Kier alpha value is -2.15. The van der Waals surface area contributed by atoms with Gasteiger partial charge < -0.3 is 15.4 Å². The zero-order valence-electron chi connectivity index (χ0n) is 9.52. The van der Waals surface area contributed by atoms with E-state index >= 15 is 0 Å². The average molecular weight is 239 g/mol. The highest BCUT2D eigenvalue weighted by molar-refractivity contribution is 5.94. The van der Waals surface area contributed by atoms with Crippen molar-refractivity contribution in [1.29, 1.82) is 0 Å². The number of hydrogen-bond acceptors (Lipinski definition) is 5. The summed E-state index contributed by atoms with van der Waals surface area (Å²) in [5.41, 5.74) is 0.174. The SMILES string of the molecule is CNCC(=O)Nc1cc([N+](=O)[O-])ccc1OC. The van der Waals surface area contributed by atoms with Crippen molar-refractivity contribution in [2.75, 3.05) is 26.0 Å². The molecule has 0 aliphatic heterocycles. The van der Waals surface area contributed by atoms with Crippen LogP contribution in [0.25, 0.3) is 0 Å². The molecule has 1 amide bonds. The van der Waals surface area contributed by atoms with E-state index in [1.807, 2.05) is 0 Å². The van der Waals surface area contributed by atoms with Crippen molar-refractivity contribution in [3.05, 3.63) is 28.3 Å². The van der Waals surface area contributed by atoms with Crippen LogP contribution >= 0.6 is 0 Å². The standard InChI is InChI=1S/C10H13N3O4/c1-11-6-10(14)12-8-5-7(13(15)16)3-4-9(8)17-2/h3-5,11H,6H2,1-2H3,(H,12,14). The van der Waals surface area contributed by atoms with Crippen molar-refractivity contribution in [2.45, 2.75) is 0 Å². The van der Waals surface area contributed by atoms with Crippen molar-refractivity contribution < 1.29 is 14.5 Å². The third-order valence-corrected chi connectivity index (χ3v) is 2.01. The summed E-state index contributed by atoms with van der Waals surface area (Å²) < 4.78 is 5.00. The van der Waals surface area contributed by atoms with E-state index in [9.17, 15) is 14.9 Å². The Bertz CT molecular complexity index is 434. The number of nitrogens with one attached hydrogen (secondary N) is 2. The lowest BCUT2D eigenvalue weighted by molar-refractivity contribution is -0.384. The van der Waals surface area contributed by atoms with Gasteiger partial charge in [-0.25, -0.2) is 0 Å². The zero-order valence-corrected chi connectivity index (χ0v) is 9.52. The molecule has 0 aromatic heterocycles. The van der Waals surface area contributed by atoms with Crippen molar-refractivity contribution in [3.8, 4) is 5.75 Å². The predicted molar refractivity (Wildman–Crippen MR) is 62.2 cm³/mol. The molecule has 0 saturated heterocycles. The quantitative estimate of drug-likeness (QED) is 0.584. The first-order valence-corrected chi connectivity index (χ1v) is 4.85. The van der Waals surface area contributed by atoms with Gasteiger partial charge in [0.05, 0.1) is 24.3 Å². The largest absolute Gasteiger partial charge is 0.495 e. The Labute approximate surface area is 97.9 Å². The van der Waals surface area contributed by atoms with E-state index in [2.05, 4.69) is 10.6 Å². The molecule has 0 radical (unpaired) electrons. The van der Waals surface area contributed by atoms with Crippen molar-refractivity contribution in [1.82, 2.24) is 5.32 Å². The third kappa shape index (κ3) is 3.42. The van der Waals surface area contributed by atoms with Gasteiger partial charge in [-0.1, -0.05) is 0 Å². The number of nitro groups is 1. The molecule has 0 aliphatic carbocycles. The second-order valence-electron chi connectivity index (χ2n) is 3.22. The van der Waals surface area contributed by atoms with E-state index in [4.69, 9.17) is 4.74 Å². The second kappa shape index (κ2) is 5.80. The highest BCUT2D eigenvalue weighted by atomic mass is 16.6. The molecule has 0 atom stereocenters. The molecule has 0 saturated carbocycles. The number of nitrogens with zero attached hydrogens (tertiary/aromatic N) is 1. The lowest BCUT2D eigenvalue weighted by atomic mass is 10.2. The average Bonchev–Trinajstić information content (AvgIpc) is 2.29. The maximum Gasteiger partial charge on any atom is 0.271 e. The molecule has 0 aliphatic rings. The summed E-state index contributed by atoms with van der Waals surface area (Å²) in [5.74, 6) is 0.0753. The highest BCUT2D eigenvalue weighted by Gasteiger charge is 2.13. The highest BCUT2D eigenvalue weighted by Crippen LogP contribution is 2.28. The minimum absolute atomic E-state index is 0.106. The van der Waals surface area contributed by atoms with Gasteiger partial charge in [-0.2, -0.15) is 0 Å². The van der Waals surface area contributed by atoms with Crippen molar-refractivity contribution in [3.63, 3.8) is 0 Å². The summed E-state index contributed by atoms with van der Waals surface area (Å²) >= 11 is 0. The van der Waals surface area contributed by atoms with Gasteiger partial charge in [0.25, 0.3) is 5.69 Å². The Balaban J connectivity index is 2.97. The van der Waals surface area contributed by atoms with Crippen LogP contribution in [0.5, 0.6) is 5.75 Å². The Morgan fingerprint density at radius 3 is 2.76 bits per heavy atom. The number of non-ortho nitro benzene ring substituents is 1. The maximum absolute atomic E-state index is 11.4. The van der Waals surface area contributed by atoms with E-state index in [-0.39, 0.29) is 23.8 Å². The van der Waals surface area contributed by atoms with Gasteiger partial charge in [0, 0.05) is 12.1 Å². The molecule has 1 rings (SSSR count). The van der Waals surface area contributed by atoms with Crippen LogP contribution in [0.4, 0.5) is 11.4 Å². The fourth-order valence-electron chi connectivity index (χ4n) is 1.26. The van der Waals surface area contributed by atoms with Crippen LogP contribution in [-0.2, 0) is 4.79 Å². The minimum atomic E-state index is -0.535. The van der Waals surface area contributed by atoms with Crippen LogP contribution < -0.4 is 15.4 Å². The number of rotatable bonds is 5. The summed E-state index contributed by atoms with van der Waals surface area (Å²) in [6.07, 6.45) is 0. The number of hydrogen-bond donors (Lipinski definition) is 2. The molecule has 0 heterocycles. The number of ether oxygens (including phenoxy) is 1. The monoisotopic (exact) mass is 239 g/mol. The number of likely N-dealkylation sites (N-methyl/N-ethyl adjacent to an activating group) is 1. The van der Waals surface area contributed by atoms with E-state index in [1.54, 1.807) is 7.05 Å². The summed E-state index contributed by atoms with van der Waals surface area (Å²) in [6.45, 7) is 0.117. The molecule has 0 fully saturated rings. The van der Waals surface area contributed by atoms with Gasteiger partial charge in [-0.15, -0.1) is 0 Å². The van der Waals surface area contributed by atoms with Crippen LogP contribution in [0, 0.1) is 10.1 Å². The molecule has 0 unspecified atom stereocenters. The topological polar surface area (TPSA) is 93.5 Å².